The lowest BCUT2D eigenvalue weighted by Crippen LogP contribution is -2.01. The summed E-state index contributed by atoms with van der Waals surface area (Å²) in [6, 6.07) is 4.52. The van der Waals surface area contributed by atoms with E-state index in [1.807, 2.05) is 6.20 Å². The van der Waals surface area contributed by atoms with Crippen molar-refractivity contribution in [1.82, 2.24) is 15.0 Å². The molecule has 0 saturated carbocycles. The Kier molecular flexibility index (Phi) is 5.44. The smallest absolute Gasteiger partial charge is 0.303 e. The van der Waals surface area contributed by atoms with Gasteiger partial charge in [0.15, 0.2) is 0 Å². The van der Waals surface area contributed by atoms with Crippen molar-refractivity contribution in [2.45, 2.75) is 32.2 Å². The van der Waals surface area contributed by atoms with E-state index < -0.39 is 5.97 Å². The average Bonchev–Trinajstić information content (AvgIpc) is 2.85. The van der Waals surface area contributed by atoms with Gasteiger partial charge in [-0.05, 0) is 37.0 Å². The summed E-state index contributed by atoms with van der Waals surface area (Å²) in [5, 5.41) is 16.6. The number of carbonyl (C=O) groups is 1. The molecule has 112 valence electrons. The summed E-state index contributed by atoms with van der Waals surface area (Å²) in [6.07, 6.45) is 4.11. The molecule has 0 fully saturated rings. The molecular formula is C14H15BrFN3O2. The summed E-state index contributed by atoms with van der Waals surface area (Å²) >= 11 is 3.32. The standard InChI is InChI=1S/C14H15BrFN3O2/c15-13-7-11(16)6-5-10(13)8-19-9-12(17-18-19)3-1-2-4-14(20)21/h5-7,9H,1-4,8H2,(H,20,21). The minimum Gasteiger partial charge on any atom is -0.481 e. The maximum atomic E-state index is 13.0. The van der Waals surface area contributed by atoms with E-state index in [2.05, 4.69) is 26.2 Å². The van der Waals surface area contributed by atoms with Crippen LogP contribution in [0.3, 0.4) is 0 Å². The van der Waals surface area contributed by atoms with Gasteiger partial charge in [-0.3, -0.25) is 4.79 Å². The lowest BCUT2D eigenvalue weighted by atomic mass is 10.1. The second-order valence-corrected chi connectivity index (χ2v) is 5.60. The van der Waals surface area contributed by atoms with Gasteiger partial charge >= 0.3 is 5.97 Å². The molecule has 0 radical (unpaired) electrons. The van der Waals surface area contributed by atoms with Crippen LogP contribution in [-0.2, 0) is 17.8 Å². The van der Waals surface area contributed by atoms with Crippen LogP contribution in [0.2, 0.25) is 0 Å². The third kappa shape index (κ3) is 4.93. The fourth-order valence-electron chi connectivity index (χ4n) is 1.94. The highest BCUT2D eigenvalue weighted by molar-refractivity contribution is 9.10. The van der Waals surface area contributed by atoms with Crippen molar-refractivity contribution in [1.29, 1.82) is 0 Å². The fraction of sp³-hybridized carbons (Fsp3) is 0.357. The average molecular weight is 356 g/mol. The van der Waals surface area contributed by atoms with Gasteiger partial charge in [-0.1, -0.05) is 27.2 Å². The number of aromatic nitrogens is 3. The van der Waals surface area contributed by atoms with E-state index >= 15 is 0 Å². The number of carboxylic acids is 1. The number of aliphatic carboxylic acids is 1. The van der Waals surface area contributed by atoms with Crippen molar-refractivity contribution in [2.75, 3.05) is 0 Å². The molecule has 21 heavy (non-hydrogen) atoms. The van der Waals surface area contributed by atoms with Crippen molar-refractivity contribution < 1.29 is 14.3 Å². The molecule has 5 nitrogen and oxygen atoms in total. The molecule has 1 aromatic heterocycles. The van der Waals surface area contributed by atoms with Gasteiger partial charge in [-0.2, -0.15) is 0 Å². The number of hydrogen-bond acceptors (Lipinski definition) is 3. The zero-order valence-corrected chi connectivity index (χ0v) is 12.9. The summed E-state index contributed by atoms with van der Waals surface area (Å²) in [6.45, 7) is 0.503. The van der Waals surface area contributed by atoms with E-state index in [9.17, 15) is 9.18 Å². The molecule has 2 rings (SSSR count). The molecule has 1 heterocycles. The zero-order chi connectivity index (χ0) is 15.2. The number of carboxylic acid groups (broad SMARTS) is 1. The number of benzene rings is 1. The molecule has 0 aliphatic carbocycles. The van der Waals surface area contributed by atoms with E-state index in [0.29, 0.717) is 23.9 Å². The van der Waals surface area contributed by atoms with E-state index in [1.54, 1.807) is 10.7 Å². The summed E-state index contributed by atoms with van der Waals surface area (Å²) in [5.74, 6) is -1.07. The van der Waals surface area contributed by atoms with Crippen LogP contribution in [0.1, 0.15) is 30.5 Å². The zero-order valence-electron chi connectivity index (χ0n) is 11.3. The van der Waals surface area contributed by atoms with Crippen molar-refractivity contribution in [3.63, 3.8) is 0 Å². The predicted molar refractivity (Wildman–Crippen MR) is 78.4 cm³/mol. The number of rotatable bonds is 7. The van der Waals surface area contributed by atoms with Gasteiger partial charge in [0, 0.05) is 17.1 Å². The number of aryl methyl sites for hydroxylation is 1. The van der Waals surface area contributed by atoms with Crippen LogP contribution in [-0.4, -0.2) is 26.1 Å². The Morgan fingerprint density at radius 2 is 2.19 bits per heavy atom. The molecule has 0 saturated heterocycles. The second-order valence-electron chi connectivity index (χ2n) is 4.74. The molecule has 7 heteroatoms. The third-order valence-electron chi connectivity index (χ3n) is 3.01. The molecule has 0 aliphatic rings. The van der Waals surface area contributed by atoms with Gasteiger partial charge in [0.05, 0.1) is 12.2 Å². The van der Waals surface area contributed by atoms with Crippen LogP contribution in [0.5, 0.6) is 0 Å². The lowest BCUT2D eigenvalue weighted by Gasteiger charge is -2.03. The van der Waals surface area contributed by atoms with Crippen molar-refractivity contribution in [3.05, 3.63) is 45.9 Å². The highest BCUT2D eigenvalue weighted by Crippen LogP contribution is 2.19. The Morgan fingerprint density at radius 1 is 1.38 bits per heavy atom. The van der Waals surface area contributed by atoms with Crippen LogP contribution in [0.15, 0.2) is 28.9 Å². The number of halogens is 2. The third-order valence-corrected chi connectivity index (χ3v) is 3.75. The molecular weight excluding hydrogens is 341 g/mol. The number of unbranched alkanes of at least 4 members (excludes halogenated alkanes) is 1. The highest BCUT2D eigenvalue weighted by Gasteiger charge is 2.06. The van der Waals surface area contributed by atoms with Crippen LogP contribution in [0, 0.1) is 5.82 Å². The number of hydrogen-bond donors (Lipinski definition) is 1. The minimum atomic E-state index is -0.778. The molecule has 0 aliphatic heterocycles. The summed E-state index contributed by atoms with van der Waals surface area (Å²) < 4.78 is 15.4. The molecule has 0 atom stereocenters. The molecule has 0 spiro atoms. The Hall–Kier alpha value is -1.76. The first kappa shape index (κ1) is 15.6. The van der Waals surface area contributed by atoms with Gasteiger partial charge in [0.25, 0.3) is 0 Å². The SMILES string of the molecule is O=C(O)CCCCc1cn(Cc2ccc(F)cc2Br)nn1. The maximum absolute atomic E-state index is 13.0. The van der Waals surface area contributed by atoms with Crippen molar-refractivity contribution in [2.24, 2.45) is 0 Å². The largest absolute Gasteiger partial charge is 0.481 e. The molecule has 1 aromatic carbocycles. The van der Waals surface area contributed by atoms with Gasteiger partial charge in [-0.15, -0.1) is 5.10 Å². The molecule has 2 aromatic rings. The fourth-order valence-corrected chi connectivity index (χ4v) is 2.41. The Bertz CT molecular complexity index is 630. The van der Waals surface area contributed by atoms with Gasteiger partial charge < -0.3 is 5.11 Å². The predicted octanol–water partition coefficient (Wildman–Crippen LogP) is 3.03. The van der Waals surface area contributed by atoms with Crippen LogP contribution < -0.4 is 0 Å². The highest BCUT2D eigenvalue weighted by atomic mass is 79.9. The first-order chi connectivity index (χ1) is 10.0. The monoisotopic (exact) mass is 355 g/mol. The normalized spacial score (nSPS) is 10.8. The van der Waals surface area contributed by atoms with E-state index in [4.69, 9.17) is 5.11 Å². The Balaban J connectivity index is 1.89. The molecule has 0 amide bonds. The first-order valence-corrected chi connectivity index (χ1v) is 7.38. The van der Waals surface area contributed by atoms with Crippen molar-refractivity contribution in [3.8, 4) is 0 Å². The van der Waals surface area contributed by atoms with Crippen LogP contribution in [0.4, 0.5) is 4.39 Å². The quantitative estimate of drug-likeness (QED) is 0.775. The van der Waals surface area contributed by atoms with E-state index in [-0.39, 0.29) is 12.2 Å². The lowest BCUT2D eigenvalue weighted by molar-refractivity contribution is -0.137. The molecule has 0 bridgehead atoms. The maximum Gasteiger partial charge on any atom is 0.303 e. The van der Waals surface area contributed by atoms with Gasteiger partial charge in [0.1, 0.15) is 5.82 Å². The second kappa shape index (κ2) is 7.31. The minimum absolute atomic E-state index is 0.177. The van der Waals surface area contributed by atoms with Crippen LogP contribution >= 0.6 is 15.9 Å². The van der Waals surface area contributed by atoms with E-state index in [1.165, 1.54) is 12.1 Å². The van der Waals surface area contributed by atoms with Gasteiger partial charge in [-0.25, -0.2) is 9.07 Å². The summed E-state index contributed by atoms with van der Waals surface area (Å²) in [4.78, 5) is 10.4. The van der Waals surface area contributed by atoms with Crippen molar-refractivity contribution >= 4 is 21.9 Å². The van der Waals surface area contributed by atoms with E-state index in [0.717, 1.165) is 17.7 Å². The van der Waals surface area contributed by atoms with Gasteiger partial charge in [0.2, 0.25) is 0 Å². The summed E-state index contributed by atoms with van der Waals surface area (Å²) in [5.41, 5.74) is 1.75. The topological polar surface area (TPSA) is 68.0 Å². The first-order valence-electron chi connectivity index (χ1n) is 6.59. The number of nitrogens with zero attached hydrogens (tertiary/aromatic N) is 3. The van der Waals surface area contributed by atoms with Crippen LogP contribution in [0.25, 0.3) is 0 Å². The molecule has 1 N–H and O–H groups in total. The molecule has 0 unspecified atom stereocenters. The Morgan fingerprint density at radius 3 is 2.90 bits per heavy atom. The summed E-state index contributed by atoms with van der Waals surface area (Å²) in [7, 11) is 0. The Labute approximate surface area is 129 Å².